The molecular weight excluding hydrogens is 667 g/mol. The highest BCUT2D eigenvalue weighted by Crippen LogP contribution is 2.47. The van der Waals surface area contributed by atoms with E-state index in [1.807, 2.05) is 0 Å². The van der Waals surface area contributed by atoms with Crippen molar-refractivity contribution in [3.05, 3.63) is 200 Å². The van der Waals surface area contributed by atoms with Gasteiger partial charge < -0.3 is 13.7 Å². The van der Waals surface area contributed by atoms with E-state index in [-0.39, 0.29) is 0 Å². The van der Waals surface area contributed by atoms with Crippen LogP contribution >= 0.6 is 0 Å². The zero-order chi connectivity index (χ0) is 36.0. The summed E-state index contributed by atoms with van der Waals surface area (Å²) in [7, 11) is 0. The predicted octanol–water partition coefficient (Wildman–Crippen LogP) is 13.8. The molecule has 0 fully saturated rings. The molecular formula is C52H33N3. The first-order valence-corrected chi connectivity index (χ1v) is 19.0. The SMILES string of the molecule is c1ccc(-n2c3ccccc3c3cc(-c4ccc(-n5c6ccccc6c6c7ccccc7c7c(c8ccccc8n7-c7ccccc7)c65)cc4)ccc32)cc1. The van der Waals surface area contributed by atoms with Crippen molar-refractivity contribution in [2.75, 3.05) is 0 Å². The van der Waals surface area contributed by atoms with Crippen LogP contribution in [0.25, 0.3) is 104 Å². The molecule has 0 aliphatic rings. The van der Waals surface area contributed by atoms with Crippen LogP contribution < -0.4 is 0 Å². The van der Waals surface area contributed by atoms with Gasteiger partial charge in [0.1, 0.15) is 0 Å². The van der Waals surface area contributed by atoms with Crippen LogP contribution in [0.4, 0.5) is 0 Å². The van der Waals surface area contributed by atoms with E-state index in [1.54, 1.807) is 0 Å². The monoisotopic (exact) mass is 699 g/mol. The van der Waals surface area contributed by atoms with Crippen LogP contribution in [-0.2, 0) is 0 Å². The summed E-state index contributed by atoms with van der Waals surface area (Å²) in [6.45, 7) is 0. The van der Waals surface area contributed by atoms with Gasteiger partial charge >= 0.3 is 0 Å². The zero-order valence-corrected chi connectivity index (χ0v) is 29.9. The Morgan fingerprint density at radius 3 is 1.33 bits per heavy atom. The summed E-state index contributed by atoms with van der Waals surface area (Å²) >= 11 is 0. The minimum Gasteiger partial charge on any atom is -0.309 e. The van der Waals surface area contributed by atoms with Crippen molar-refractivity contribution in [2.24, 2.45) is 0 Å². The molecule has 0 aliphatic carbocycles. The van der Waals surface area contributed by atoms with Crippen molar-refractivity contribution in [1.29, 1.82) is 0 Å². The van der Waals surface area contributed by atoms with E-state index in [1.165, 1.54) is 93.0 Å². The Kier molecular flexibility index (Phi) is 6.34. The van der Waals surface area contributed by atoms with Crippen molar-refractivity contribution >= 4 is 76.2 Å². The fourth-order valence-electron chi connectivity index (χ4n) is 9.32. The maximum atomic E-state index is 2.50. The average Bonchev–Trinajstić information content (AvgIpc) is 3.91. The number of fused-ring (bicyclic) bond motifs is 13. The normalized spacial score (nSPS) is 12.0. The standard InChI is InChI=1S/C52H33N3/c1-3-15-36(16-4-1)53-45-24-12-9-19-39(45)44-33-35(29-32-48(44)53)34-27-30-38(31-28-34)55-46-25-13-10-22-42(46)49-40-20-7-8-21-41(40)51-50(52(49)55)43-23-11-14-26-47(43)54(51)37-17-5-2-6-18-37/h1-33H. The third-order valence-electron chi connectivity index (χ3n) is 11.6. The van der Waals surface area contributed by atoms with Crippen LogP contribution in [0.3, 0.4) is 0 Å². The first kappa shape index (κ1) is 30.1. The molecule has 0 unspecified atom stereocenters. The lowest BCUT2D eigenvalue weighted by Gasteiger charge is -2.13. The molecule has 3 aromatic heterocycles. The lowest BCUT2D eigenvalue weighted by Crippen LogP contribution is -1.96. The maximum absolute atomic E-state index is 2.50. The number of aromatic nitrogens is 3. The highest BCUT2D eigenvalue weighted by molar-refractivity contribution is 6.36. The molecule has 9 aromatic carbocycles. The Hall–Kier alpha value is -7.36. The van der Waals surface area contributed by atoms with Gasteiger partial charge in [0.05, 0.1) is 33.1 Å². The Morgan fingerprint density at radius 2 is 0.673 bits per heavy atom. The second-order valence-electron chi connectivity index (χ2n) is 14.5. The van der Waals surface area contributed by atoms with E-state index in [9.17, 15) is 0 Å². The van der Waals surface area contributed by atoms with Crippen LogP contribution in [0, 0.1) is 0 Å². The molecule has 0 N–H and O–H groups in total. The molecule has 0 saturated carbocycles. The lowest BCUT2D eigenvalue weighted by atomic mass is 9.99. The van der Waals surface area contributed by atoms with Crippen LogP contribution in [0.15, 0.2) is 200 Å². The fraction of sp³-hybridized carbons (Fsp3) is 0. The number of benzene rings is 9. The Bertz CT molecular complexity index is 3450. The van der Waals surface area contributed by atoms with E-state index in [2.05, 4.69) is 214 Å². The van der Waals surface area contributed by atoms with Gasteiger partial charge in [0.15, 0.2) is 0 Å². The van der Waals surface area contributed by atoms with E-state index in [0.29, 0.717) is 0 Å². The summed E-state index contributed by atoms with van der Waals surface area (Å²) < 4.78 is 7.34. The topological polar surface area (TPSA) is 14.8 Å². The quantitative estimate of drug-likeness (QED) is 0.174. The molecule has 256 valence electrons. The predicted molar refractivity (Wildman–Crippen MR) is 232 cm³/mol. The fourth-order valence-corrected chi connectivity index (χ4v) is 9.32. The molecule has 0 radical (unpaired) electrons. The highest BCUT2D eigenvalue weighted by atomic mass is 15.0. The van der Waals surface area contributed by atoms with Crippen molar-refractivity contribution in [3.63, 3.8) is 0 Å². The molecule has 0 atom stereocenters. The first-order valence-electron chi connectivity index (χ1n) is 19.0. The van der Waals surface area contributed by atoms with Gasteiger partial charge in [-0.05, 0) is 83.2 Å². The third-order valence-corrected chi connectivity index (χ3v) is 11.6. The van der Waals surface area contributed by atoms with Crippen LogP contribution in [0.2, 0.25) is 0 Å². The largest absolute Gasteiger partial charge is 0.309 e. The Balaban J connectivity index is 1.12. The first-order chi connectivity index (χ1) is 27.3. The molecule has 3 heterocycles. The second-order valence-corrected chi connectivity index (χ2v) is 14.5. The number of hydrogen-bond acceptors (Lipinski definition) is 0. The van der Waals surface area contributed by atoms with E-state index in [4.69, 9.17) is 0 Å². The molecule has 0 amide bonds. The minimum absolute atomic E-state index is 1.14. The zero-order valence-electron chi connectivity index (χ0n) is 29.9. The van der Waals surface area contributed by atoms with Crippen LogP contribution in [0.5, 0.6) is 0 Å². The lowest BCUT2D eigenvalue weighted by molar-refractivity contribution is 1.18. The van der Waals surface area contributed by atoms with Gasteiger partial charge in [-0.25, -0.2) is 0 Å². The molecule has 3 heteroatoms. The summed E-state index contributed by atoms with van der Waals surface area (Å²) in [5.41, 5.74) is 13.2. The van der Waals surface area contributed by atoms with Crippen molar-refractivity contribution < 1.29 is 0 Å². The van der Waals surface area contributed by atoms with Gasteiger partial charge in [0.2, 0.25) is 0 Å². The van der Waals surface area contributed by atoms with E-state index < -0.39 is 0 Å². The van der Waals surface area contributed by atoms with Gasteiger partial charge in [-0.15, -0.1) is 0 Å². The molecule has 0 bridgehead atoms. The summed E-state index contributed by atoms with van der Waals surface area (Å²) in [4.78, 5) is 0. The summed E-state index contributed by atoms with van der Waals surface area (Å²) in [5.74, 6) is 0. The molecule has 55 heavy (non-hydrogen) atoms. The molecule has 0 aliphatic heterocycles. The number of hydrogen-bond donors (Lipinski definition) is 0. The smallest absolute Gasteiger partial charge is 0.0647 e. The van der Waals surface area contributed by atoms with Gasteiger partial charge in [-0.1, -0.05) is 133 Å². The average molecular weight is 700 g/mol. The molecule has 12 rings (SSSR count). The highest BCUT2D eigenvalue weighted by Gasteiger charge is 2.24. The van der Waals surface area contributed by atoms with Crippen LogP contribution in [-0.4, -0.2) is 13.7 Å². The molecule has 0 saturated heterocycles. The number of para-hydroxylation sites is 5. The van der Waals surface area contributed by atoms with Crippen LogP contribution in [0.1, 0.15) is 0 Å². The number of rotatable bonds is 4. The van der Waals surface area contributed by atoms with Crippen molar-refractivity contribution in [1.82, 2.24) is 13.7 Å². The second kappa shape index (κ2) is 11.6. The molecule has 12 aromatic rings. The van der Waals surface area contributed by atoms with Gasteiger partial charge in [0, 0.05) is 54.8 Å². The third kappa shape index (κ3) is 4.26. The van der Waals surface area contributed by atoms with Gasteiger partial charge in [-0.2, -0.15) is 0 Å². The van der Waals surface area contributed by atoms with Gasteiger partial charge in [0.25, 0.3) is 0 Å². The Labute approximate surface area is 317 Å². The Morgan fingerprint density at radius 1 is 0.236 bits per heavy atom. The minimum atomic E-state index is 1.14. The van der Waals surface area contributed by atoms with Gasteiger partial charge in [-0.3, -0.25) is 0 Å². The van der Waals surface area contributed by atoms with E-state index >= 15 is 0 Å². The maximum Gasteiger partial charge on any atom is 0.0647 e. The summed E-state index contributed by atoms with van der Waals surface area (Å²) in [6, 6.07) is 73.0. The van der Waals surface area contributed by atoms with Crippen molar-refractivity contribution in [3.8, 4) is 28.2 Å². The molecule has 3 nitrogen and oxygen atoms in total. The summed E-state index contributed by atoms with van der Waals surface area (Å²) in [5, 5.41) is 10.1. The van der Waals surface area contributed by atoms with Crippen molar-refractivity contribution in [2.45, 2.75) is 0 Å². The molecule has 0 spiro atoms. The summed E-state index contributed by atoms with van der Waals surface area (Å²) in [6.07, 6.45) is 0. The van der Waals surface area contributed by atoms with E-state index in [0.717, 1.165) is 11.4 Å². The number of nitrogens with zero attached hydrogens (tertiary/aromatic N) is 3.